The van der Waals surface area contributed by atoms with Crippen molar-refractivity contribution in [3.8, 4) is 16.9 Å². The summed E-state index contributed by atoms with van der Waals surface area (Å²) in [7, 11) is 0. The van der Waals surface area contributed by atoms with Crippen LogP contribution in [0.2, 0.25) is 0 Å². The predicted molar refractivity (Wildman–Crippen MR) is 195 cm³/mol. The smallest absolute Gasteiger partial charge is 0.272 e. The number of thioether (sulfide) groups is 1. The van der Waals surface area contributed by atoms with Gasteiger partial charge in [0.1, 0.15) is 11.4 Å². The molecule has 0 fully saturated rings. The van der Waals surface area contributed by atoms with Gasteiger partial charge in [-0.15, -0.1) is 11.8 Å². The van der Waals surface area contributed by atoms with Crippen molar-refractivity contribution >= 4 is 46.9 Å². The van der Waals surface area contributed by atoms with Gasteiger partial charge in [0.15, 0.2) is 0 Å². The number of carbonyl (C=O) groups excluding carboxylic acids is 3. The summed E-state index contributed by atoms with van der Waals surface area (Å²) in [5, 5.41) is 8.59. The van der Waals surface area contributed by atoms with E-state index in [1.807, 2.05) is 91.0 Å². The van der Waals surface area contributed by atoms with Gasteiger partial charge in [-0.05, 0) is 83.8 Å². The minimum atomic E-state index is -0.478. The first kappa shape index (κ1) is 33.8. The van der Waals surface area contributed by atoms with Crippen LogP contribution in [0, 0.1) is 0 Å². The van der Waals surface area contributed by atoms with Gasteiger partial charge in [-0.25, -0.2) is 0 Å². The highest BCUT2D eigenvalue weighted by Crippen LogP contribution is 2.24. The summed E-state index contributed by atoms with van der Waals surface area (Å²) in [6.45, 7) is 2.78. The van der Waals surface area contributed by atoms with E-state index >= 15 is 0 Å². The number of unbranched alkanes of at least 4 members (excludes halogenated alkanes) is 1. The molecule has 0 aromatic heterocycles. The Bertz CT molecular complexity index is 1840. The minimum absolute atomic E-state index is 0.0931. The van der Waals surface area contributed by atoms with Crippen molar-refractivity contribution in [1.29, 1.82) is 0 Å². The molecule has 5 aromatic carbocycles. The topological polar surface area (TPSA) is 96.5 Å². The lowest BCUT2D eigenvalue weighted by Gasteiger charge is -2.12. The highest BCUT2D eigenvalue weighted by atomic mass is 32.2. The molecule has 3 amide bonds. The van der Waals surface area contributed by atoms with E-state index in [1.165, 1.54) is 11.8 Å². The summed E-state index contributed by atoms with van der Waals surface area (Å²) in [4.78, 5) is 40.1. The van der Waals surface area contributed by atoms with Crippen LogP contribution in [-0.4, -0.2) is 30.1 Å². The normalized spacial score (nSPS) is 11.0. The van der Waals surface area contributed by atoms with Gasteiger partial charge in [0, 0.05) is 21.8 Å². The molecule has 0 bridgehead atoms. The highest BCUT2D eigenvalue weighted by molar-refractivity contribution is 8.00. The maximum Gasteiger partial charge on any atom is 0.272 e. The van der Waals surface area contributed by atoms with E-state index in [-0.39, 0.29) is 17.4 Å². The van der Waals surface area contributed by atoms with Gasteiger partial charge in [-0.3, -0.25) is 14.4 Å². The highest BCUT2D eigenvalue weighted by Gasteiger charge is 2.16. The van der Waals surface area contributed by atoms with Crippen LogP contribution < -0.4 is 20.7 Å². The summed E-state index contributed by atoms with van der Waals surface area (Å²) in [5.41, 5.74) is 4.63. The molecule has 0 aliphatic heterocycles. The molecule has 0 saturated heterocycles. The number of nitrogens with one attached hydrogen (secondary N) is 3. The number of anilines is 2. The fourth-order valence-electron chi connectivity index (χ4n) is 4.69. The number of amides is 3. The molecule has 48 heavy (non-hydrogen) atoms. The van der Waals surface area contributed by atoms with E-state index in [2.05, 4.69) is 22.9 Å². The Balaban J connectivity index is 1.23. The predicted octanol–water partition coefficient (Wildman–Crippen LogP) is 8.67. The number of hydrogen-bond acceptors (Lipinski definition) is 5. The Hall–Kier alpha value is -5.60. The Kier molecular flexibility index (Phi) is 12.2. The molecule has 7 nitrogen and oxygen atoms in total. The van der Waals surface area contributed by atoms with E-state index in [0.717, 1.165) is 40.2 Å². The van der Waals surface area contributed by atoms with Gasteiger partial charge in [-0.2, -0.15) is 0 Å². The van der Waals surface area contributed by atoms with E-state index in [4.69, 9.17) is 4.74 Å². The number of hydrogen-bond donors (Lipinski definition) is 3. The molecular formula is C40H37N3O4S. The minimum Gasteiger partial charge on any atom is -0.494 e. The molecule has 0 radical (unpaired) electrons. The number of carbonyl (C=O) groups is 3. The summed E-state index contributed by atoms with van der Waals surface area (Å²) in [6.07, 6.45) is 3.71. The van der Waals surface area contributed by atoms with Crippen LogP contribution in [0.5, 0.6) is 5.75 Å². The van der Waals surface area contributed by atoms with Gasteiger partial charge in [-0.1, -0.05) is 92.2 Å². The van der Waals surface area contributed by atoms with Crippen molar-refractivity contribution in [2.24, 2.45) is 0 Å². The first-order valence-corrected chi connectivity index (χ1v) is 16.8. The largest absolute Gasteiger partial charge is 0.494 e. The zero-order chi connectivity index (χ0) is 33.6. The van der Waals surface area contributed by atoms with E-state index in [0.29, 0.717) is 23.5 Å². The molecule has 0 aliphatic carbocycles. The third-order valence-corrected chi connectivity index (χ3v) is 8.22. The van der Waals surface area contributed by atoms with E-state index in [1.54, 1.807) is 48.5 Å². The van der Waals surface area contributed by atoms with Crippen LogP contribution in [-0.2, 0) is 9.59 Å². The van der Waals surface area contributed by atoms with Crippen molar-refractivity contribution < 1.29 is 19.1 Å². The molecule has 0 saturated carbocycles. The molecule has 8 heteroatoms. The van der Waals surface area contributed by atoms with Crippen LogP contribution in [0.4, 0.5) is 11.4 Å². The molecule has 0 spiro atoms. The lowest BCUT2D eigenvalue weighted by atomic mass is 10.0. The van der Waals surface area contributed by atoms with Crippen molar-refractivity contribution in [3.05, 3.63) is 150 Å². The number of rotatable bonds is 14. The number of ether oxygens (including phenoxy) is 1. The molecule has 3 N–H and O–H groups in total. The monoisotopic (exact) mass is 655 g/mol. The fraction of sp³-hybridized carbons (Fsp3) is 0.125. The van der Waals surface area contributed by atoms with Gasteiger partial charge in [0.05, 0.1) is 12.4 Å². The fourth-order valence-corrected chi connectivity index (χ4v) is 5.44. The maximum atomic E-state index is 13.6. The Morgan fingerprint density at radius 2 is 1.40 bits per heavy atom. The zero-order valence-electron chi connectivity index (χ0n) is 26.6. The van der Waals surface area contributed by atoms with Crippen LogP contribution in [0.15, 0.2) is 144 Å². The number of benzene rings is 5. The molecule has 0 aliphatic rings. The second-order valence-electron chi connectivity index (χ2n) is 10.9. The van der Waals surface area contributed by atoms with Crippen LogP contribution >= 0.6 is 11.8 Å². The molecular weight excluding hydrogens is 619 g/mol. The molecule has 0 unspecified atom stereocenters. The molecule has 5 rings (SSSR count). The molecule has 0 atom stereocenters. The summed E-state index contributed by atoms with van der Waals surface area (Å²) in [6, 6.07) is 41.1. The van der Waals surface area contributed by atoms with Gasteiger partial charge < -0.3 is 20.7 Å². The molecule has 0 heterocycles. The second kappa shape index (κ2) is 17.4. The third-order valence-electron chi connectivity index (χ3n) is 7.22. The van der Waals surface area contributed by atoms with E-state index in [9.17, 15) is 14.4 Å². The van der Waals surface area contributed by atoms with Gasteiger partial charge >= 0.3 is 0 Å². The zero-order valence-corrected chi connectivity index (χ0v) is 27.5. The Morgan fingerprint density at radius 1 is 0.708 bits per heavy atom. The summed E-state index contributed by atoms with van der Waals surface area (Å²) in [5.74, 6) is -0.0709. The van der Waals surface area contributed by atoms with E-state index < -0.39 is 11.8 Å². The average Bonchev–Trinajstić information content (AvgIpc) is 3.12. The van der Waals surface area contributed by atoms with Crippen LogP contribution in [0.25, 0.3) is 17.2 Å². The van der Waals surface area contributed by atoms with Gasteiger partial charge in [0.2, 0.25) is 5.91 Å². The maximum absolute atomic E-state index is 13.6. The molecule has 242 valence electrons. The molecule has 5 aromatic rings. The van der Waals surface area contributed by atoms with Crippen molar-refractivity contribution in [2.75, 3.05) is 23.0 Å². The first-order chi connectivity index (χ1) is 23.5. The third kappa shape index (κ3) is 10.2. The van der Waals surface area contributed by atoms with Crippen molar-refractivity contribution in [3.63, 3.8) is 0 Å². The summed E-state index contributed by atoms with van der Waals surface area (Å²) >= 11 is 1.35. The van der Waals surface area contributed by atoms with Crippen molar-refractivity contribution in [1.82, 2.24) is 5.32 Å². The lowest BCUT2D eigenvalue weighted by Crippen LogP contribution is -2.30. The Labute approximate surface area is 285 Å². The standard InChI is InChI=1S/C40H37N3O4S/c1-2-3-25-47-35-23-21-33(22-24-35)41-38(44)28-48-36-16-10-15-34(27-36)42-40(46)37(43-39(45)32-13-8-5-9-14-32)26-29-17-19-31(20-18-29)30-11-6-4-7-12-30/h4-24,26-27H,2-3,25,28H2,1H3,(H,41,44)(H,42,46)(H,43,45)/b37-26+. The second-order valence-corrected chi connectivity index (χ2v) is 12.0. The lowest BCUT2D eigenvalue weighted by molar-refractivity contribution is -0.114. The quantitative estimate of drug-likeness (QED) is 0.0632. The van der Waals surface area contributed by atoms with Crippen LogP contribution in [0.3, 0.4) is 0 Å². The first-order valence-electron chi connectivity index (χ1n) is 15.8. The van der Waals surface area contributed by atoms with Gasteiger partial charge in [0.25, 0.3) is 11.8 Å². The van der Waals surface area contributed by atoms with Crippen molar-refractivity contribution in [2.45, 2.75) is 24.7 Å². The summed E-state index contributed by atoms with van der Waals surface area (Å²) < 4.78 is 5.68. The SMILES string of the molecule is CCCCOc1ccc(NC(=O)CSc2cccc(NC(=O)/C(=C\c3ccc(-c4ccccc4)cc3)NC(=O)c3ccccc3)c2)cc1. The Morgan fingerprint density at radius 3 is 2.10 bits per heavy atom. The van der Waals surface area contributed by atoms with Crippen LogP contribution in [0.1, 0.15) is 35.7 Å². The average molecular weight is 656 g/mol.